The number of esters is 1. The van der Waals surface area contributed by atoms with Crippen molar-refractivity contribution < 1.29 is 9.53 Å². The highest BCUT2D eigenvalue weighted by atomic mass is 79.9. The van der Waals surface area contributed by atoms with E-state index in [1.54, 1.807) is 0 Å². The lowest BCUT2D eigenvalue weighted by Gasteiger charge is -2.09. The number of ether oxygens (including phenoxy) is 1. The maximum absolute atomic E-state index is 11.9. The van der Waals surface area contributed by atoms with E-state index in [0.29, 0.717) is 22.7 Å². The molecule has 0 amide bonds. The first-order valence-electron chi connectivity index (χ1n) is 6.27. The van der Waals surface area contributed by atoms with Gasteiger partial charge in [-0.05, 0) is 19.3 Å². The van der Waals surface area contributed by atoms with Crippen LogP contribution in [0, 0.1) is 5.92 Å². The molecule has 0 fully saturated rings. The van der Waals surface area contributed by atoms with Crippen LogP contribution in [0.1, 0.15) is 40.6 Å². The molecule has 1 heterocycles. The van der Waals surface area contributed by atoms with Crippen molar-refractivity contribution in [2.45, 2.75) is 25.6 Å². The van der Waals surface area contributed by atoms with Gasteiger partial charge in [0.2, 0.25) is 0 Å². The van der Waals surface area contributed by atoms with Gasteiger partial charge in [0, 0.05) is 10.9 Å². The van der Waals surface area contributed by atoms with Gasteiger partial charge in [-0.2, -0.15) is 0 Å². The Kier molecular flexibility index (Phi) is 4.93. The van der Waals surface area contributed by atoms with Gasteiger partial charge in [-0.3, -0.25) is 0 Å². The minimum absolute atomic E-state index is 0.283. The summed E-state index contributed by atoms with van der Waals surface area (Å²) < 4.78 is 5.07. The van der Waals surface area contributed by atoms with Gasteiger partial charge in [-0.15, -0.1) is 11.3 Å². The molecule has 1 aromatic heterocycles. The van der Waals surface area contributed by atoms with Gasteiger partial charge in [-0.1, -0.05) is 41.1 Å². The number of hydrogen-bond donors (Lipinski definition) is 0. The first kappa shape index (κ1) is 14.5. The first-order chi connectivity index (χ1) is 9.15. The van der Waals surface area contributed by atoms with Crippen LogP contribution in [-0.4, -0.2) is 17.6 Å². The molecule has 1 aromatic rings. The van der Waals surface area contributed by atoms with Gasteiger partial charge >= 0.3 is 5.97 Å². The van der Waals surface area contributed by atoms with E-state index in [0.717, 1.165) is 22.7 Å². The van der Waals surface area contributed by atoms with Crippen molar-refractivity contribution in [2.24, 2.45) is 5.92 Å². The third-order valence-corrected chi connectivity index (χ3v) is 4.46. The minimum atomic E-state index is -0.283. The average Bonchev–Trinajstić information content (AvgIpc) is 2.83. The summed E-state index contributed by atoms with van der Waals surface area (Å²) in [6.07, 6.45) is 7.49. The number of carbonyl (C=O) groups is 1. The Morgan fingerprint density at radius 3 is 3.05 bits per heavy atom. The van der Waals surface area contributed by atoms with Gasteiger partial charge in [0.05, 0.1) is 12.3 Å². The zero-order valence-electron chi connectivity index (χ0n) is 11.0. The van der Waals surface area contributed by atoms with Crippen molar-refractivity contribution in [1.82, 2.24) is 4.98 Å². The molecule has 0 saturated carbocycles. The van der Waals surface area contributed by atoms with Crippen LogP contribution in [0.15, 0.2) is 18.2 Å². The normalized spacial score (nSPS) is 18.3. The number of carbonyl (C=O) groups excluding carboxylic acids is 1. The van der Waals surface area contributed by atoms with Gasteiger partial charge in [0.15, 0.2) is 0 Å². The van der Waals surface area contributed by atoms with Crippen molar-refractivity contribution in [3.63, 3.8) is 0 Å². The molecule has 0 radical (unpaired) electrons. The minimum Gasteiger partial charge on any atom is -0.462 e. The quantitative estimate of drug-likeness (QED) is 0.608. The molecule has 1 atom stereocenters. The fourth-order valence-corrected chi connectivity index (χ4v) is 3.48. The molecule has 0 spiro atoms. The zero-order chi connectivity index (χ0) is 13.8. The summed E-state index contributed by atoms with van der Waals surface area (Å²) in [6.45, 7) is 4.37. The predicted molar refractivity (Wildman–Crippen MR) is 81.6 cm³/mol. The fraction of sp³-hybridized carbons (Fsp3) is 0.429. The van der Waals surface area contributed by atoms with E-state index in [2.05, 4.69) is 46.1 Å². The Hall–Kier alpha value is -0.940. The van der Waals surface area contributed by atoms with Crippen LogP contribution >= 0.6 is 27.3 Å². The molecule has 0 bridgehead atoms. The van der Waals surface area contributed by atoms with Crippen LogP contribution in [0.5, 0.6) is 0 Å². The maximum Gasteiger partial charge on any atom is 0.350 e. The van der Waals surface area contributed by atoms with E-state index in [1.165, 1.54) is 11.3 Å². The predicted octanol–water partition coefficient (Wildman–Crippen LogP) is 4.19. The van der Waals surface area contributed by atoms with E-state index in [-0.39, 0.29) is 5.97 Å². The van der Waals surface area contributed by atoms with E-state index in [4.69, 9.17) is 4.74 Å². The van der Waals surface area contributed by atoms with Crippen LogP contribution in [0.3, 0.4) is 0 Å². The Labute approximate surface area is 125 Å². The Balaban J connectivity index is 2.33. The first-order valence-corrected chi connectivity index (χ1v) is 8.21. The van der Waals surface area contributed by atoms with Gasteiger partial charge < -0.3 is 4.74 Å². The Morgan fingerprint density at radius 2 is 2.42 bits per heavy atom. The maximum atomic E-state index is 11.9. The summed E-state index contributed by atoms with van der Waals surface area (Å²) in [7, 11) is 0. The molecule has 102 valence electrons. The summed E-state index contributed by atoms with van der Waals surface area (Å²) in [5.41, 5.74) is 1.85. The number of thiazole rings is 1. The van der Waals surface area contributed by atoms with Crippen molar-refractivity contribution in [2.75, 3.05) is 6.61 Å². The van der Waals surface area contributed by atoms with E-state index < -0.39 is 0 Å². The molecule has 2 rings (SSSR count). The largest absolute Gasteiger partial charge is 0.462 e. The number of rotatable bonds is 4. The van der Waals surface area contributed by atoms with Gasteiger partial charge in [0.1, 0.15) is 9.88 Å². The molecule has 3 nitrogen and oxygen atoms in total. The van der Waals surface area contributed by atoms with E-state index >= 15 is 0 Å². The Bertz CT molecular complexity index is 534. The number of aromatic nitrogens is 1. The lowest BCUT2D eigenvalue weighted by Crippen LogP contribution is -2.04. The number of hydrogen-bond acceptors (Lipinski definition) is 4. The molecule has 0 saturated heterocycles. The van der Waals surface area contributed by atoms with Crippen molar-refractivity contribution in [3.05, 3.63) is 33.8 Å². The molecule has 1 aliphatic carbocycles. The smallest absolute Gasteiger partial charge is 0.350 e. The highest BCUT2D eigenvalue weighted by molar-refractivity contribution is 9.08. The second-order valence-electron chi connectivity index (χ2n) is 4.39. The number of alkyl halides is 1. The summed E-state index contributed by atoms with van der Waals surface area (Å²) in [5, 5.41) is 1.45. The van der Waals surface area contributed by atoms with Crippen molar-refractivity contribution in [1.29, 1.82) is 0 Å². The lowest BCUT2D eigenvalue weighted by atomic mass is 9.98. The topological polar surface area (TPSA) is 39.2 Å². The molecular formula is C14H16BrNO2S. The van der Waals surface area contributed by atoms with E-state index in [1.807, 2.05) is 6.92 Å². The van der Waals surface area contributed by atoms with Crippen LogP contribution in [0.4, 0.5) is 0 Å². The number of halogens is 1. The highest BCUT2D eigenvalue weighted by Gasteiger charge is 2.20. The average molecular weight is 342 g/mol. The summed E-state index contributed by atoms with van der Waals surface area (Å²) >= 11 is 4.78. The summed E-state index contributed by atoms with van der Waals surface area (Å²) in [4.78, 5) is 17.0. The van der Waals surface area contributed by atoms with Crippen LogP contribution < -0.4 is 0 Å². The van der Waals surface area contributed by atoms with Crippen LogP contribution in [0.2, 0.25) is 0 Å². The molecule has 5 heteroatoms. The molecule has 0 aliphatic heterocycles. The molecular weight excluding hydrogens is 326 g/mol. The fourth-order valence-electron chi connectivity index (χ4n) is 1.90. The van der Waals surface area contributed by atoms with E-state index in [9.17, 15) is 4.79 Å². The second-order valence-corrected chi connectivity index (χ2v) is 5.95. The molecule has 0 N–H and O–H groups in total. The Morgan fingerprint density at radius 1 is 1.63 bits per heavy atom. The number of nitrogens with zero attached hydrogens (tertiary/aromatic N) is 1. The molecule has 1 unspecified atom stereocenters. The zero-order valence-corrected chi connectivity index (χ0v) is 13.4. The lowest BCUT2D eigenvalue weighted by molar-refractivity contribution is 0.0531. The van der Waals surface area contributed by atoms with Gasteiger partial charge in [0.25, 0.3) is 0 Å². The molecule has 19 heavy (non-hydrogen) atoms. The van der Waals surface area contributed by atoms with Crippen LogP contribution in [0.25, 0.3) is 5.57 Å². The SMILES string of the molecule is CCOC(=O)c1sc(C2=CC(C)CC=C2)nc1CBr. The third-order valence-electron chi connectivity index (χ3n) is 2.80. The highest BCUT2D eigenvalue weighted by Crippen LogP contribution is 2.31. The summed E-state index contributed by atoms with van der Waals surface area (Å²) in [5.74, 6) is 0.233. The molecule has 1 aliphatic rings. The molecule has 0 aromatic carbocycles. The van der Waals surface area contributed by atoms with Crippen molar-refractivity contribution in [3.8, 4) is 0 Å². The standard InChI is InChI=1S/C14H16BrNO2S/c1-3-18-14(17)12-11(8-15)16-13(19-12)10-6-4-5-9(2)7-10/h4,6-7,9H,3,5,8H2,1-2H3. The third kappa shape index (κ3) is 3.34. The van der Waals surface area contributed by atoms with Gasteiger partial charge in [-0.25, -0.2) is 9.78 Å². The second kappa shape index (κ2) is 6.48. The van der Waals surface area contributed by atoms with Crippen LogP contribution in [-0.2, 0) is 10.1 Å². The monoisotopic (exact) mass is 341 g/mol. The number of allylic oxidation sites excluding steroid dienone is 4. The van der Waals surface area contributed by atoms with Crippen molar-refractivity contribution >= 4 is 38.8 Å². The summed E-state index contributed by atoms with van der Waals surface area (Å²) in [6, 6.07) is 0.